The largest absolute Gasteiger partial charge is 0.399 e. The third kappa shape index (κ3) is 3.01. The van der Waals surface area contributed by atoms with Crippen LogP contribution in [-0.4, -0.2) is 13.4 Å². The molecule has 3 N–H and O–H groups in total. The van der Waals surface area contributed by atoms with Crippen molar-refractivity contribution < 1.29 is 8.42 Å². The van der Waals surface area contributed by atoms with Crippen molar-refractivity contribution in [1.82, 2.24) is 4.98 Å². The van der Waals surface area contributed by atoms with Crippen LogP contribution in [0.2, 0.25) is 10.0 Å². The minimum atomic E-state index is -3.92. The molecule has 108 valence electrons. The van der Waals surface area contributed by atoms with E-state index in [1.165, 1.54) is 23.5 Å². The third-order valence-corrected chi connectivity index (χ3v) is 5.92. The van der Waals surface area contributed by atoms with Crippen LogP contribution in [0.5, 0.6) is 0 Å². The molecule has 0 saturated heterocycles. The number of nitrogen functional groups attached to an aromatic ring is 1. The van der Waals surface area contributed by atoms with Gasteiger partial charge in [-0.3, -0.25) is 4.72 Å². The van der Waals surface area contributed by atoms with Gasteiger partial charge in [-0.05, 0) is 26.0 Å². The quantitative estimate of drug-likeness (QED) is 0.829. The molecule has 0 radical (unpaired) electrons. The standard InChI is InChI=1S/C11H11Cl2N3O2S2/c1-5-6(2)19-11(15-5)16-20(17,18)10-8(12)3-7(14)4-9(10)13/h3-4H,14H2,1-2H3,(H,15,16). The van der Waals surface area contributed by atoms with E-state index in [-0.39, 0.29) is 20.1 Å². The van der Waals surface area contributed by atoms with Crippen molar-refractivity contribution in [3.8, 4) is 0 Å². The van der Waals surface area contributed by atoms with E-state index in [0.717, 1.165) is 10.6 Å². The number of rotatable bonds is 3. The molecule has 0 aliphatic rings. The predicted octanol–water partition coefficient (Wildman–Crippen LogP) is 3.45. The fourth-order valence-corrected chi connectivity index (χ4v) is 4.80. The van der Waals surface area contributed by atoms with Crippen molar-refractivity contribution in [2.75, 3.05) is 10.5 Å². The minimum absolute atomic E-state index is 0.0347. The number of aromatic nitrogens is 1. The highest BCUT2D eigenvalue weighted by molar-refractivity contribution is 7.93. The van der Waals surface area contributed by atoms with Crippen LogP contribution in [-0.2, 0) is 10.0 Å². The van der Waals surface area contributed by atoms with Gasteiger partial charge < -0.3 is 5.73 Å². The number of aryl methyl sites for hydroxylation is 2. The molecule has 0 aliphatic carbocycles. The van der Waals surface area contributed by atoms with E-state index < -0.39 is 10.0 Å². The Morgan fingerprint density at radius 1 is 1.25 bits per heavy atom. The van der Waals surface area contributed by atoms with Crippen molar-refractivity contribution in [2.24, 2.45) is 0 Å². The molecule has 5 nitrogen and oxygen atoms in total. The number of thiazole rings is 1. The second-order valence-corrected chi connectivity index (χ2v) is 7.72. The van der Waals surface area contributed by atoms with Gasteiger partial charge in [0.05, 0.1) is 15.7 Å². The molecule has 2 rings (SSSR count). The summed E-state index contributed by atoms with van der Waals surface area (Å²) in [5.74, 6) is 0. The molecule has 20 heavy (non-hydrogen) atoms. The molecule has 0 amide bonds. The molecule has 0 aliphatic heterocycles. The SMILES string of the molecule is Cc1nc(NS(=O)(=O)c2c(Cl)cc(N)cc2Cl)sc1C. The van der Waals surface area contributed by atoms with Crippen LogP contribution in [0.3, 0.4) is 0 Å². The van der Waals surface area contributed by atoms with Gasteiger partial charge in [0, 0.05) is 10.6 Å². The van der Waals surface area contributed by atoms with Gasteiger partial charge in [-0.15, -0.1) is 11.3 Å². The first-order chi connectivity index (χ1) is 9.20. The summed E-state index contributed by atoms with van der Waals surface area (Å²) in [4.78, 5) is 4.84. The van der Waals surface area contributed by atoms with Crippen molar-refractivity contribution in [1.29, 1.82) is 0 Å². The maximum Gasteiger partial charge on any atom is 0.266 e. The number of hydrogen-bond donors (Lipinski definition) is 2. The van der Waals surface area contributed by atoms with E-state index in [4.69, 9.17) is 28.9 Å². The van der Waals surface area contributed by atoms with Gasteiger partial charge >= 0.3 is 0 Å². The molecular formula is C11H11Cl2N3O2S2. The lowest BCUT2D eigenvalue weighted by atomic mass is 10.3. The number of nitrogens with one attached hydrogen (secondary N) is 1. The lowest BCUT2D eigenvalue weighted by Crippen LogP contribution is -2.14. The Kier molecular flexibility index (Phi) is 4.15. The average Bonchev–Trinajstić information content (AvgIpc) is 2.54. The number of sulfonamides is 1. The Morgan fingerprint density at radius 3 is 2.25 bits per heavy atom. The molecule has 0 unspecified atom stereocenters. The Balaban J connectivity index is 2.46. The molecule has 1 heterocycles. The highest BCUT2D eigenvalue weighted by atomic mass is 35.5. The lowest BCUT2D eigenvalue weighted by molar-refractivity contribution is 0.601. The topological polar surface area (TPSA) is 85.1 Å². The summed E-state index contributed by atoms with van der Waals surface area (Å²) in [5.41, 5.74) is 6.61. The summed E-state index contributed by atoms with van der Waals surface area (Å²) >= 11 is 13.1. The summed E-state index contributed by atoms with van der Waals surface area (Å²) in [7, 11) is -3.92. The second kappa shape index (κ2) is 5.40. The van der Waals surface area contributed by atoms with Crippen LogP contribution in [0.25, 0.3) is 0 Å². The van der Waals surface area contributed by atoms with Gasteiger partial charge in [0.25, 0.3) is 10.0 Å². The Bertz CT molecular complexity index is 729. The zero-order valence-corrected chi connectivity index (χ0v) is 13.7. The molecule has 2 aromatic rings. The van der Waals surface area contributed by atoms with Gasteiger partial charge in [-0.2, -0.15) is 0 Å². The van der Waals surface area contributed by atoms with Crippen molar-refractivity contribution in [3.63, 3.8) is 0 Å². The van der Waals surface area contributed by atoms with Crippen molar-refractivity contribution >= 4 is 55.4 Å². The molecule has 9 heteroatoms. The molecule has 1 aromatic carbocycles. The molecule has 1 aromatic heterocycles. The summed E-state index contributed by atoms with van der Waals surface area (Å²) in [6, 6.07) is 2.67. The summed E-state index contributed by atoms with van der Waals surface area (Å²) in [6.07, 6.45) is 0. The zero-order valence-electron chi connectivity index (χ0n) is 10.6. The van der Waals surface area contributed by atoms with Crippen molar-refractivity contribution in [2.45, 2.75) is 18.7 Å². The molecular weight excluding hydrogens is 341 g/mol. The molecule has 0 spiro atoms. The monoisotopic (exact) mass is 351 g/mol. The Labute approximate surface area is 130 Å². The van der Waals surface area contributed by atoms with Gasteiger partial charge in [-0.25, -0.2) is 13.4 Å². The number of anilines is 2. The first kappa shape index (κ1) is 15.4. The summed E-state index contributed by atoms with van der Waals surface area (Å²) < 4.78 is 27.0. The van der Waals surface area contributed by atoms with Crippen LogP contribution < -0.4 is 10.5 Å². The second-order valence-electron chi connectivity index (χ2n) is 4.08. The molecule has 0 bridgehead atoms. The van der Waals surface area contributed by atoms with Crippen LogP contribution >= 0.6 is 34.5 Å². The van der Waals surface area contributed by atoms with Crippen LogP contribution in [0.4, 0.5) is 10.8 Å². The van der Waals surface area contributed by atoms with Gasteiger partial charge in [0.15, 0.2) is 5.13 Å². The number of nitrogens with zero attached hydrogens (tertiary/aromatic N) is 1. The maximum absolute atomic E-state index is 12.3. The van der Waals surface area contributed by atoms with Crippen LogP contribution in [0.1, 0.15) is 10.6 Å². The fourth-order valence-electron chi connectivity index (χ4n) is 1.52. The number of halogens is 2. The molecule has 0 atom stereocenters. The summed E-state index contributed by atoms with van der Waals surface area (Å²) in [6.45, 7) is 3.65. The van der Waals surface area contributed by atoms with Crippen LogP contribution in [0, 0.1) is 13.8 Å². The molecule has 0 fully saturated rings. The molecule has 0 saturated carbocycles. The highest BCUT2D eigenvalue weighted by Gasteiger charge is 2.23. The van der Waals surface area contributed by atoms with E-state index in [1.54, 1.807) is 6.92 Å². The normalized spacial score (nSPS) is 11.6. The number of nitrogens with two attached hydrogens (primary N) is 1. The fraction of sp³-hybridized carbons (Fsp3) is 0.182. The lowest BCUT2D eigenvalue weighted by Gasteiger charge is -2.09. The predicted molar refractivity (Wildman–Crippen MR) is 83.3 cm³/mol. The van der Waals surface area contributed by atoms with Gasteiger partial charge in [0.2, 0.25) is 0 Å². The van der Waals surface area contributed by atoms with E-state index in [1.807, 2.05) is 6.92 Å². The summed E-state index contributed by atoms with van der Waals surface area (Å²) in [5, 5.41) is 0.198. The first-order valence-corrected chi connectivity index (χ1v) is 8.47. The highest BCUT2D eigenvalue weighted by Crippen LogP contribution is 2.33. The smallest absolute Gasteiger partial charge is 0.266 e. The van der Waals surface area contributed by atoms with E-state index in [2.05, 4.69) is 9.71 Å². The maximum atomic E-state index is 12.3. The van der Waals surface area contributed by atoms with Crippen LogP contribution in [0.15, 0.2) is 17.0 Å². The van der Waals surface area contributed by atoms with Gasteiger partial charge in [0.1, 0.15) is 4.90 Å². The average molecular weight is 352 g/mol. The Morgan fingerprint density at radius 2 is 1.80 bits per heavy atom. The first-order valence-electron chi connectivity index (χ1n) is 5.42. The number of hydrogen-bond acceptors (Lipinski definition) is 5. The van der Waals surface area contributed by atoms with Crippen molar-refractivity contribution in [3.05, 3.63) is 32.7 Å². The Hall–Kier alpha value is -1.02. The van der Waals surface area contributed by atoms with E-state index >= 15 is 0 Å². The number of benzene rings is 1. The third-order valence-electron chi connectivity index (χ3n) is 2.54. The zero-order chi connectivity index (χ0) is 15.1. The van der Waals surface area contributed by atoms with E-state index in [9.17, 15) is 8.42 Å². The van der Waals surface area contributed by atoms with E-state index in [0.29, 0.717) is 5.69 Å². The van der Waals surface area contributed by atoms with Gasteiger partial charge in [-0.1, -0.05) is 23.2 Å². The minimum Gasteiger partial charge on any atom is -0.399 e.